The van der Waals surface area contributed by atoms with Crippen molar-refractivity contribution in [2.75, 3.05) is 10.2 Å². The minimum Gasteiger partial charge on any atom is -0.324 e. The molecular weight excluding hydrogens is 379 g/mol. The van der Waals surface area contributed by atoms with Crippen molar-refractivity contribution >= 4 is 23.2 Å². The second kappa shape index (κ2) is 8.96. The lowest BCUT2D eigenvalue weighted by Gasteiger charge is -2.23. The Morgan fingerprint density at radius 1 is 0.867 bits per heavy atom. The molecule has 30 heavy (non-hydrogen) atoms. The minimum atomic E-state index is -0.355. The first-order chi connectivity index (χ1) is 14.7. The predicted octanol–water partition coefficient (Wildman–Crippen LogP) is 5.21. The maximum Gasteiger partial charge on any atom is 0.261 e. The Balaban J connectivity index is 1.56. The normalized spacial score (nSPS) is 10.4. The molecule has 4 rings (SSSR count). The molecule has 0 bridgehead atoms. The molecule has 1 N–H and O–H groups in total. The predicted molar refractivity (Wildman–Crippen MR) is 115 cm³/mol. The number of benzene rings is 3. The summed E-state index contributed by atoms with van der Waals surface area (Å²) in [5, 5.41) is 2.92. The fourth-order valence-corrected chi connectivity index (χ4v) is 3.01. The molecule has 6 heteroatoms. The van der Waals surface area contributed by atoms with Gasteiger partial charge in [-0.3, -0.25) is 4.79 Å². The number of amides is 1. The lowest BCUT2D eigenvalue weighted by molar-refractivity contribution is 0.0984. The number of anilines is 3. The molecular formula is C24H19FN4O. The van der Waals surface area contributed by atoms with Crippen LogP contribution in [0.15, 0.2) is 97.3 Å². The molecule has 1 amide bonds. The summed E-state index contributed by atoms with van der Waals surface area (Å²) < 4.78 is 13.3. The maximum atomic E-state index is 13.3. The number of nitrogens with one attached hydrogen (secondary N) is 1. The van der Waals surface area contributed by atoms with Gasteiger partial charge in [0.25, 0.3) is 5.91 Å². The van der Waals surface area contributed by atoms with Gasteiger partial charge in [-0.1, -0.05) is 54.6 Å². The van der Waals surface area contributed by atoms with Gasteiger partial charge in [-0.15, -0.1) is 0 Å². The monoisotopic (exact) mass is 398 g/mol. The Bertz CT molecular complexity index is 1120. The summed E-state index contributed by atoms with van der Waals surface area (Å²) in [5.74, 6) is -0.278. The third-order valence-corrected chi connectivity index (χ3v) is 4.48. The first-order valence-corrected chi connectivity index (χ1v) is 9.44. The largest absolute Gasteiger partial charge is 0.324 e. The van der Waals surface area contributed by atoms with Crippen LogP contribution >= 0.6 is 0 Å². The van der Waals surface area contributed by atoms with Gasteiger partial charge in [0.05, 0.1) is 12.1 Å². The summed E-state index contributed by atoms with van der Waals surface area (Å²) in [5.41, 5.74) is 2.69. The third kappa shape index (κ3) is 4.67. The van der Waals surface area contributed by atoms with Crippen molar-refractivity contribution in [2.24, 2.45) is 0 Å². The smallest absolute Gasteiger partial charge is 0.261 e. The van der Waals surface area contributed by atoms with Crippen LogP contribution < -0.4 is 10.2 Å². The van der Waals surface area contributed by atoms with Crippen molar-refractivity contribution in [3.63, 3.8) is 0 Å². The van der Waals surface area contributed by atoms with Crippen molar-refractivity contribution in [2.45, 2.75) is 6.54 Å². The van der Waals surface area contributed by atoms with Crippen LogP contribution in [0.25, 0.3) is 0 Å². The molecule has 148 valence electrons. The lowest BCUT2D eigenvalue weighted by Crippen LogP contribution is -2.30. The summed E-state index contributed by atoms with van der Waals surface area (Å²) in [4.78, 5) is 23.4. The molecule has 0 atom stereocenters. The van der Waals surface area contributed by atoms with Crippen molar-refractivity contribution < 1.29 is 9.18 Å². The molecule has 0 unspecified atom stereocenters. The van der Waals surface area contributed by atoms with Gasteiger partial charge in [0.15, 0.2) is 0 Å². The van der Waals surface area contributed by atoms with Crippen LogP contribution in [-0.2, 0) is 6.54 Å². The van der Waals surface area contributed by atoms with Crippen molar-refractivity contribution in [1.29, 1.82) is 0 Å². The molecule has 1 heterocycles. The molecule has 1 aromatic heterocycles. The van der Waals surface area contributed by atoms with E-state index in [1.165, 1.54) is 24.5 Å². The first kappa shape index (κ1) is 19.3. The van der Waals surface area contributed by atoms with Gasteiger partial charge in [-0.25, -0.2) is 14.4 Å². The number of carbonyl (C=O) groups is 1. The van der Waals surface area contributed by atoms with E-state index in [1.54, 1.807) is 17.0 Å². The van der Waals surface area contributed by atoms with Gasteiger partial charge in [-0.2, -0.15) is 0 Å². The van der Waals surface area contributed by atoms with Gasteiger partial charge in [0, 0.05) is 23.8 Å². The summed E-state index contributed by atoms with van der Waals surface area (Å²) >= 11 is 0. The van der Waals surface area contributed by atoms with E-state index in [0.29, 0.717) is 17.8 Å². The summed E-state index contributed by atoms with van der Waals surface area (Å²) in [7, 11) is 0. The van der Waals surface area contributed by atoms with Gasteiger partial charge in [0.1, 0.15) is 5.82 Å². The number of carbonyl (C=O) groups excluding carboxylic acids is 1. The minimum absolute atomic E-state index is 0.206. The number of hydrogen-bond acceptors (Lipinski definition) is 4. The zero-order valence-electron chi connectivity index (χ0n) is 16.1. The zero-order valence-corrected chi connectivity index (χ0v) is 16.1. The van der Waals surface area contributed by atoms with Crippen LogP contribution in [0.3, 0.4) is 0 Å². The van der Waals surface area contributed by atoms with Crippen LogP contribution in [-0.4, -0.2) is 15.9 Å². The second-order valence-corrected chi connectivity index (χ2v) is 6.64. The average molecular weight is 398 g/mol. The Kier molecular flexibility index (Phi) is 5.75. The van der Waals surface area contributed by atoms with Crippen molar-refractivity contribution in [3.05, 3.63) is 114 Å². The molecule has 0 aliphatic carbocycles. The molecule has 0 radical (unpaired) electrons. The van der Waals surface area contributed by atoms with Gasteiger partial charge in [-0.05, 0) is 35.9 Å². The number of nitrogens with zero attached hydrogens (tertiary/aromatic N) is 3. The number of halogens is 1. The highest BCUT2D eigenvalue weighted by molar-refractivity contribution is 6.05. The van der Waals surface area contributed by atoms with Crippen LogP contribution in [0, 0.1) is 5.82 Å². The van der Waals surface area contributed by atoms with Crippen LogP contribution in [0.5, 0.6) is 0 Å². The van der Waals surface area contributed by atoms with E-state index in [2.05, 4.69) is 15.3 Å². The SMILES string of the molecule is O=C(c1cnc(Nc2cccc(F)c2)nc1)N(Cc1ccccc1)c1ccccc1. The molecule has 0 fully saturated rings. The molecule has 0 saturated heterocycles. The van der Waals surface area contributed by atoms with E-state index >= 15 is 0 Å². The number of rotatable bonds is 6. The Morgan fingerprint density at radius 3 is 2.20 bits per heavy atom. The van der Waals surface area contributed by atoms with Gasteiger partial charge >= 0.3 is 0 Å². The van der Waals surface area contributed by atoms with E-state index in [1.807, 2.05) is 60.7 Å². The number of hydrogen-bond donors (Lipinski definition) is 1. The van der Waals surface area contributed by atoms with E-state index in [4.69, 9.17) is 0 Å². The van der Waals surface area contributed by atoms with Gasteiger partial charge < -0.3 is 10.2 Å². The number of para-hydroxylation sites is 1. The van der Waals surface area contributed by atoms with Crippen molar-refractivity contribution in [3.8, 4) is 0 Å². The third-order valence-electron chi connectivity index (χ3n) is 4.48. The highest BCUT2D eigenvalue weighted by Gasteiger charge is 2.19. The van der Waals surface area contributed by atoms with E-state index < -0.39 is 0 Å². The van der Waals surface area contributed by atoms with Crippen LogP contribution in [0.4, 0.5) is 21.7 Å². The fourth-order valence-electron chi connectivity index (χ4n) is 3.01. The van der Waals surface area contributed by atoms with E-state index in [9.17, 15) is 9.18 Å². The average Bonchev–Trinajstić information content (AvgIpc) is 2.79. The standard InChI is InChI=1S/C24H19FN4O/c25-20-10-7-11-21(14-20)28-24-26-15-19(16-27-24)23(30)29(22-12-5-2-6-13-22)17-18-8-3-1-4-9-18/h1-16H,17H2,(H,26,27,28). The molecule has 3 aromatic carbocycles. The topological polar surface area (TPSA) is 58.1 Å². The quantitative estimate of drug-likeness (QED) is 0.485. The second-order valence-electron chi connectivity index (χ2n) is 6.64. The molecule has 0 aliphatic heterocycles. The van der Waals surface area contributed by atoms with Gasteiger partial charge in [0.2, 0.25) is 5.95 Å². The lowest BCUT2D eigenvalue weighted by atomic mass is 10.1. The van der Waals surface area contributed by atoms with Crippen molar-refractivity contribution in [1.82, 2.24) is 9.97 Å². The number of aromatic nitrogens is 2. The highest BCUT2D eigenvalue weighted by Crippen LogP contribution is 2.20. The summed E-state index contributed by atoms with van der Waals surface area (Å²) in [6.07, 6.45) is 2.94. The zero-order chi connectivity index (χ0) is 20.8. The fraction of sp³-hybridized carbons (Fsp3) is 0.0417. The summed E-state index contributed by atoms with van der Waals surface area (Å²) in [6.45, 7) is 0.424. The highest BCUT2D eigenvalue weighted by atomic mass is 19.1. The van der Waals surface area contributed by atoms with Crippen LogP contribution in [0.2, 0.25) is 0 Å². The molecule has 0 spiro atoms. The van der Waals surface area contributed by atoms with Crippen LogP contribution in [0.1, 0.15) is 15.9 Å². The van der Waals surface area contributed by atoms with E-state index in [0.717, 1.165) is 11.3 Å². The summed E-state index contributed by atoms with van der Waals surface area (Å²) in [6, 6.07) is 25.3. The molecule has 0 saturated carbocycles. The molecule has 5 nitrogen and oxygen atoms in total. The molecule has 4 aromatic rings. The Morgan fingerprint density at radius 2 is 1.53 bits per heavy atom. The Hall–Kier alpha value is -4.06. The molecule has 0 aliphatic rings. The first-order valence-electron chi connectivity index (χ1n) is 9.44. The van der Waals surface area contributed by atoms with E-state index in [-0.39, 0.29) is 17.7 Å². The maximum absolute atomic E-state index is 13.3. The Labute approximate surface area is 173 Å².